The zero-order valence-electron chi connectivity index (χ0n) is 34.9. The Morgan fingerprint density at radius 1 is 0.386 bits per heavy atom. The van der Waals surface area contributed by atoms with Crippen molar-refractivity contribution in [3.05, 3.63) is 230 Å². The SMILES string of the molecule is C.C/C=C(/C)c1ccc(-c2cccc(-c3ccccc3)c2)cc1.C=C(C)C.C=C(C)c1ccc(-c2ccccc2)cc1.CC.Cc1cccc(-c2ccccc2)c1. The highest BCUT2D eigenvalue weighted by molar-refractivity contribution is 5.75. The highest BCUT2D eigenvalue weighted by atomic mass is 14.1. The molecule has 0 atom stereocenters. The van der Waals surface area contributed by atoms with E-state index in [-0.39, 0.29) is 7.43 Å². The van der Waals surface area contributed by atoms with Crippen molar-refractivity contribution in [2.24, 2.45) is 0 Å². The number of rotatable bonds is 6. The number of aryl methyl sites for hydroxylation is 1. The van der Waals surface area contributed by atoms with E-state index in [9.17, 15) is 0 Å². The molecule has 292 valence electrons. The summed E-state index contributed by atoms with van der Waals surface area (Å²) >= 11 is 0. The number of benzene rings is 7. The molecule has 0 unspecified atom stereocenters. The second-order valence-electron chi connectivity index (χ2n) is 13.7. The zero-order valence-corrected chi connectivity index (χ0v) is 34.9. The summed E-state index contributed by atoms with van der Waals surface area (Å²) in [6, 6.07) is 65.9. The monoisotopic (exact) mass is 749 g/mol. The van der Waals surface area contributed by atoms with Crippen molar-refractivity contribution < 1.29 is 0 Å². The minimum absolute atomic E-state index is 0. The van der Waals surface area contributed by atoms with Crippen molar-refractivity contribution in [1.29, 1.82) is 0 Å². The maximum absolute atomic E-state index is 3.93. The molecular weight excluding hydrogens is 685 g/mol. The van der Waals surface area contributed by atoms with Gasteiger partial charge < -0.3 is 0 Å². The molecule has 0 saturated heterocycles. The summed E-state index contributed by atoms with van der Waals surface area (Å²) in [6.07, 6.45) is 2.14. The first kappa shape index (κ1) is 46.9. The standard InChI is InChI=1S/C22H20.C15H14.C13H12.C4H8.C2H6.CH4/c1-3-17(2)18-12-14-20(15-13-18)22-11-7-10-21(16-22)19-8-5-4-6-9-19;1-12(2)13-8-10-15(11-9-13)14-6-4-3-5-7-14;1-11-6-5-9-13(10-11)12-7-3-2-4-8-12;1-4(2)3;1-2;/h3-16H,1-2H3;3-11H,1H2,2H3;2-10H,1H3;1H2,2-3H3;1-2H3;1H4/b17-3-;;;;;. The highest BCUT2D eigenvalue weighted by Gasteiger charge is 2.03. The zero-order chi connectivity index (χ0) is 40.7. The Kier molecular flexibility index (Phi) is 21.2. The van der Waals surface area contributed by atoms with Crippen molar-refractivity contribution in [2.75, 3.05) is 0 Å². The van der Waals surface area contributed by atoms with Crippen LogP contribution in [-0.4, -0.2) is 0 Å². The summed E-state index contributed by atoms with van der Waals surface area (Å²) in [5.41, 5.74) is 17.5. The van der Waals surface area contributed by atoms with Crippen LogP contribution in [0.15, 0.2) is 213 Å². The van der Waals surface area contributed by atoms with Crippen LogP contribution < -0.4 is 0 Å². The molecule has 0 spiro atoms. The molecule has 7 aromatic rings. The Hall–Kier alpha value is -6.24. The molecule has 0 heterocycles. The van der Waals surface area contributed by atoms with E-state index in [1.165, 1.54) is 72.3 Å². The topological polar surface area (TPSA) is 0 Å². The number of hydrogen-bond donors (Lipinski definition) is 0. The molecule has 0 aliphatic carbocycles. The Morgan fingerprint density at radius 2 is 0.684 bits per heavy atom. The molecule has 0 saturated carbocycles. The van der Waals surface area contributed by atoms with Crippen LogP contribution in [0.1, 0.15) is 72.6 Å². The molecule has 0 N–H and O–H groups in total. The van der Waals surface area contributed by atoms with Gasteiger partial charge >= 0.3 is 0 Å². The van der Waals surface area contributed by atoms with Crippen molar-refractivity contribution in [2.45, 2.75) is 62.8 Å². The van der Waals surface area contributed by atoms with Gasteiger partial charge in [0.2, 0.25) is 0 Å². The van der Waals surface area contributed by atoms with Crippen molar-refractivity contribution >= 4 is 11.1 Å². The molecular formula is C57H64. The third-order valence-corrected chi connectivity index (χ3v) is 8.69. The summed E-state index contributed by atoms with van der Waals surface area (Å²) in [4.78, 5) is 0. The predicted octanol–water partition coefficient (Wildman–Crippen LogP) is 17.7. The van der Waals surface area contributed by atoms with Crippen molar-refractivity contribution in [3.8, 4) is 44.5 Å². The Morgan fingerprint density at radius 3 is 1.05 bits per heavy atom. The van der Waals surface area contributed by atoms with Gasteiger partial charge in [0, 0.05) is 0 Å². The second-order valence-corrected chi connectivity index (χ2v) is 13.7. The minimum atomic E-state index is 0. The maximum atomic E-state index is 3.93. The number of allylic oxidation sites excluding steroid dienone is 4. The fraction of sp³-hybridized carbons (Fsp3) is 0.158. The van der Waals surface area contributed by atoms with Crippen LogP contribution in [0.3, 0.4) is 0 Å². The van der Waals surface area contributed by atoms with E-state index < -0.39 is 0 Å². The Balaban J connectivity index is 0.000000282. The molecule has 0 radical (unpaired) electrons. The lowest BCUT2D eigenvalue weighted by atomic mass is 9.97. The van der Waals surface area contributed by atoms with Crippen LogP contribution in [0.5, 0.6) is 0 Å². The lowest BCUT2D eigenvalue weighted by Gasteiger charge is -2.07. The van der Waals surface area contributed by atoms with Crippen LogP contribution in [0, 0.1) is 6.92 Å². The summed E-state index contributed by atoms with van der Waals surface area (Å²) < 4.78 is 0. The van der Waals surface area contributed by atoms with E-state index in [0.29, 0.717) is 0 Å². The Bertz CT molecular complexity index is 2200. The van der Waals surface area contributed by atoms with Gasteiger partial charge in [-0.1, -0.05) is 233 Å². The van der Waals surface area contributed by atoms with E-state index in [0.717, 1.165) is 5.57 Å². The van der Waals surface area contributed by atoms with Gasteiger partial charge in [-0.2, -0.15) is 0 Å². The number of hydrogen-bond acceptors (Lipinski definition) is 0. The summed E-state index contributed by atoms with van der Waals surface area (Å²) in [7, 11) is 0. The highest BCUT2D eigenvalue weighted by Crippen LogP contribution is 2.28. The minimum Gasteiger partial charge on any atom is -0.100 e. The average Bonchev–Trinajstić information content (AvgIpc) is 3.25. The van der Waals surface area contributed by atoms with Gasteiger partial charge in [0.15, 0.2) is 0 Å². The maximum Gasteiger partial charge on any atom is -0.0178 e. The van der Waals surface area contributed by atoms with Gasteiger partial charge in [0.05, 0.1) is 0 Å². The van der Waals surface area contributed by atoms with Gasteiger partial charge in [-0.15, -0.1) is 6.58 Å². The van der Waals surface area contributed by atoms with E-state index in [1.54, 1.807) is 0 Å². The molecule has 7 rings (SSSR count). The molecule has 0 aliphatic rings. The lowest BCUT2D eigenvalue weighted by Crippen LogP contribution is -1.83. The molecule has 0 bridgehead atoms. The van der Waals surface area contributed by atoms with Crippen LogP contribution in [0.2, 0.25) is 0 Å². The van der Waals surface area contributed by atoms with E-state index in [1.807, 2.05) is 46.8 Å². The Labute approximate surface area is 346 Å². The van der Waals surface area contributed by atoms with Gasteiger partial charge in [-0.25, -0.2) is 0 Å². The molecule has 0 fully saturated rings. The molecule has 7 aromatic carbocycles. The van der Waals surface area contributed by atoms with E-state index in [2.05, 4.69) is 216 Å². The van der Waals surface area contributed by atoms with Crippen LogP contribution in [0.25, 0.3) is 55.7 Å². The van der Waals surface area contributed by atoms with Gasteiger partial charge in [-0.3, -0.25) is 0 Å². The molecule has 0 aromatic heterocycles. The average molecular weight is 749 g/mol. The van der Waals surface area contributed by atoms with E-state index in [4.69, 9.17) is 0 Å². The fourth-order valence-electron chi connectivity index (χ4n) is 5.63. The first-order valence-corrected chi connectivity index (χ1v) is 19.6. The van der Waals surface area contributed by atoms with Gasteiger partial charge in [-0.05, 0) is 109 Å². The normalized spacial score (nSPS) is 9.86. The van der Waals surface area contributed by atoms with Crippen molar-refractivity contribution in [1.82, 2.24) is 0 Å². The first-order valence-electron chi connectivity index (χ1n) is 19.6. The molecule has 0 nitrogen and oxygen atoms in total. The first-order chi connectivity index (χ1) is 27.1. The fourth-order valence-corrected chi connectivity index (χ4v) is 5.63. The van der Waals surface area contributed by atoms with Crippen molar-refractivity contribution in [3.63, 3.8) is 0 Å². The molecule has 57 heavy (non-hydrogen) atoms. The smallest absolute Gasteiger partial charge is 0.0178 e. The lowest BCUT2D eigenvalue weighted by molar-refractivity contribution is 1.42. The largest absolute Gasteiger partial charge is 0.100 e. The van der Waals surface area contributed by atoms with Crippen LogP contribution in [-0.2, 0) is 0 Å². The molecule has 0 amide bonds. The van der Waals surface area contributed by atoms with Gasteiger partial charge in [0.1, 0.15) is 0 Å². The van der Waals surface area contributed by atoms with Crippen LogP contribution in [0.4, 0.5) is 0 Å². The van der Waals surface area contributed by atoms with Gasteiger partial charge in [0.25, 0.3) is 0 Å². The molecule has 0 aliphatic heterocycles. The van der Waals surface area contributed by atoms with Crippen LogP contribution >= 0.6 is 0 Å². The summed E-state index contributed by atoms with van der Waals surface area (Å²) in [5, 5.41) is 0. The molecule has 0 heteroatoms. The summed E-state index contributed by atoms with van der Waals surface area (Å²) in [6.45, 7) is 23.8. The second kappa shape index (κ2) is 25.8. The predicted molar refractivity (Wildman–Crippen MR) is 258 cm³/mol. The third-order valence-electron chi connectivity index (χ3n) is 8.69. The third kappa shape index (κ3) is 16.2. The quantitative estimate of drug-likeness (QED) is 0.149. The van der Waals surface area contributed by atoms with E-state index >= 15 is 0 Å². The summed E-state index contributed by atoms with van der Waals surface area (Å²) in [5.74, 6) is 0.